The van der Waals surface area contributed by atoms with Crippen LogP contribution in [0.15, 0.2) is 70.2 Å². The lowest BCUT2D eigenvalue weighted by atomic mass is 10.1. The predicted octanol–water partition coefficient (Wildman–Crippen LogP) is 4.81. The monoisotopic (exact) mass is 545 g/mol. The lowest BCUT2D eigenvalue weighted by Gasteiger charge is -2.26. The van der Waals surface area contributed by atoms with E-state index >= 15 is 0 Å². The Morgan fingerprint density at radius 3 is 2.34 bits per heavy atom. The smallest absolute Gasteiger partial charge is 0.191 e. The summed E-state index contributed by atoms with van der Waals surface area (Å²) in [4.78, 5) is 6.86. The standard InChI is InChI=1S/C25H31N5O.HI/c1-26-25(28-18-23-16-24(31-29-23)22-8-4-2-5-9-22)27-17-20-10-12-21(13-11-20)19-30-14-6-3-7-15-30;/h2,4-5,8-13,16H,3,6-7,14-15,17-19H2,1H3,(H2,26,27,28);1H. The normalized spacial score (nSPS) is 14.6. The number of halogens is 1. The molecule has 4 rings (SSSR count). The zero-order valence-corrected chi connectivity index (χ0v) is 20.9. The van der Waals surface area contributed by atoms with Crippen molar-refractivity contribution in [3.05, 3.63) is 77.5 Å². The van der Waals surface area contributed by atoms with Gasteiger partial charge in [-0.15, -0.1) is 24.0 Å². The van der Waals surface area contributed by atoms with Gasteiger partial charge in [0.2, 0.25) is 0 Å². The number of aliphatic imine (C=N–C) groups is 1. The molecule has 1 saturated heterocycles. The van der Waals surface area contributed by atoms with Crippen LogP contribution in [0.2, 0.25) is 0 Å². The van der Waals surface area contributed by atoms with Crippen LogP contribution < -0.4 is 10.6 Å². The van der Waals surface area contributed by atoms with Crippen LogP contribution in [-0.4, -0.2) is 36.2 Å². The molecule has 7 heteroatoms. The molecule has 1 aliphatic heterocycles. The Kier molecular flexibility index (Phi) is 9.55. The molecule has 2 N–H and O–H groups in total. The topological polar surface area (TPSA) is 65.7 Å². The van der Waals surface area contributed by atoms with Gasteiger partial charge in [0.1, 0.15) is 5.69 Å². The van der Waals surface area contributed by atoms with Crippen LogP contribution in [0.3, 0.4) is 0 Å². The summed E-state index contributed by atoms with van der Waals surface area (Å²) >= 11 is 0. The maximum atomic E-state index is 5.46. The Labute approximate surface area is 207 Å². The quantitative estimate of drug-likeness (QED) is 0.254. The molecule has 1 fully saturated rings. The van der Waals surface area contributed by atoms with Gasteiger partial charge in [0, 0.05) is 31.8 Å². The van der Waals surface area contributed by atoms with E-state index in [0.29, 0.717) is 6.54 Å². The molecule has 170 valence electrons. The maximum absolute atomic E-state index is 5.46. The second-order valence-corrected chi connectivity index (χ2v) is 7.98. The van der Waals surface area contributed by atoms with Crippen LogP contribution >= 0.6 is 24.0 Å². The van der Waals surface area contributed by atoms with E-state index in [1.807, 2.05) is 36.4 Å². The molecule has 0 unspecified atom stereocenters. The van der Waals surface area contributed by atoms with E-state index in [0.717, 1.165) is 36.1 Å². The number of piperidine rings is 1. The molecule has 0 aliphatic carbocycles. The van der Waals surface area contributed by atoms with Gasteiger partial charge in [-0.1, -0.05) is 66.2 Å². The first-order valence-electron chi connectivity index (χ1n) is 11.1. The number of aromatic nitrogens is 1. The first-order chi connectivity index (χ1) is 15.3. The molecule has 2 aromatic carbocycles. The molecular weight excluding hydrogens is 513 g/mol. The first-order valence-corrected chi connectivity index (χ1v) is 11.1. The van der Waals surface area contributed by atoms with Crippen molar-refractivity contribution in [3.63, 3.8) is 0 Å². The minimum atomic E-state index is 0. The van der Waals surface area contributed by atoms with E-state index in [-0.39, 0.29) is 24.0 Å². The van der Waals surface area contributed by atoms with Crippen LogP contribution in [-0.2, 0) is 19.6 Å². The Hall–Kier alpha value is -2.39. The number of guanidine groups is 1. The molecule has 0 amide bonds. The van der Waals surface area contributed by atoms with E-state index in [4.69, 9.17) is 4.52 Å². The fourth-order valence-electron chi connectivity index (χ4n) is 3.85. The molecule has 0 spiro atoms. The second-order valence-electron chi connectivity index (χ2n) is 7.98. The Balaban J connectivity index is 0.00000289. The summed E-state index contributed by atoms with van der Waals surface area (Å²) < 4.78 is 5.46. The van der Waals surface area contributed by atoms with E-state index in [1.54, 1.807) is 7.05 Å². The molecular formula is C25H32IN5O. The molecule has 1 aliphatic rings. The summed E-state index contributed by atoms with van der Waals surface area (Å²) in [6.07, 6.45) is 4.04. The molecule has 0 saturated carbocycles. The fraction of sp³-hybridized carbons (Fsp3) is 0.360. The Morgan fingerprint density at radius 1 is 0.938 bits per heavy atom. The summed E-state index contributed by atoms with van der Waals surface area (Å²) in [5.74, 6) is 1.51. The highest BCUT2D eigenvalue weighted by Gasteiger charge is 2.10. The van der Waals surface area contributed by atoms with Crippen LogP contribution in [0.1, 0.15) is 36.1 Å². The second kappa shape index (κ2) is 12.6. The molecule has 0 radical (unpaired) electrons. The molecule has 2 heterocycles. The Morgan fingerprint density at radius 2 is 1.62 bits per heavy atom. The number of rotatable bonds is 7. The molecule has 3 aromatic rings. The van der Waals surface area contributed by atoms with Crippen molar-refractivity contribution < 1.29 is 4.52 Å². The van der Waals surface area contributed by atoms with Crippen LogP contribution in [0.5, 0.6) is 0 Å². The third kappa shape index (κ3) is 7.06. The number of nitrogens with one attached hydrogen (secondary N) is 2. The van der Waals surface area contributed by atoms with Gasteiger partial charge in [0.15, 0.2) is 11.7 Å². The zero-order chi connectivity index (χ0) is 21.3. The fourth-order valence-corrected chi connectivity index (χ4v) is 3.85. The highest BCUT2D eigenvalue weighted by molar-refractivity contribution is 14.0. The van der Waals surface area contributed by atoms with E-state index in [9.17, 15) is 0 Å². The molecule has 0 atom stereocenters. The summed E-state index contributed by atoms with van der Waals surface area (Å²) in [5.41, 5.74) is 4.47. The van der Waals surface area contributed by atoms with Gasteiger partial charge in [-0.05, 0) is 37.1 Å². The number of benzene rings is 2. The third-order valence-electron chi connectivity index (χ3n) is 5.62. The minimum absolute atomic E-state index is 0. The van der Waals surface area contributed by atoms with Crippen LogP contribution in [0.4, 0.5) is 0 Å². The lowest BCUT2D eigenvalue weighted by Crippen LogP contribution is -2.36. The molecule has 0 bridgehead atoms. The summed E-state index contributed by atoms with van der Waals surface area (Å²) in [7, 11) is 1.77. The average molecular weight is 545 g/mol. The van der Waals surface area contributed by atoms with Gasteiger partial charge in [-0.25, -0.2) is 0 Å². The van der Waals surface area contributed by atoms with Crippen LogP contribution in [0, 0.1) is 0 Å². The van der Waals surface area contributed by atoms with Crippen molar-refractivity contribution in [1.29, 1.82) is 0 Å². The largest absolute Gasteiger partial charge is 0.356 e. The van der Waals surface area contributed by atoms with Gasteiger partial charge in [-0.2, -0.15) is 0 Å². The predicted molar refractivity (Wildman–Crippen MR) is 140 cm³/mol. The molecule has 32 heavy (non-hydrogen) atoms. The van der Waals surface area contributed by atoms with Gasteiger partial charge in [0.25, 0.3) is 0 Å². The Bertz CT molecular complexity index is 966. The summed E-state index contributed by atoms with van der Waals surface area (Å²) in [5, 5.41) is 10.8. The van der Waals surface area contributed by atoms with Crippen molar-refractivity contribution in [3.8, 4) is 11.3 Å². The number of hydrogen-bond acceptors (Lipinski definition) is 4. The number of likely N-dealkylation sites (tertiary alicyclic amines) is 1. The van der Waals surface area contributed by atoms with E-state index in [2.05, 4.69) is 49.9 Å². The third-order valence-corrected chi connectivity index (χ3v) is 5.62. The van der Waals surface area contributed by atoms with Gasteiger partial charge < -0.3 is 15.2 Å². The van der Waals surface area contributed by atoms with Crippen LogP contribution in [0.25, 0.3) is 11.3 Å². The van der Waals surface area contributed by atoms with Crippen molar-refractivity contribution >= 4 is 29.9 Å². The highest BCUT2D eigenvalue weighted by Crippen LogP contribution is 2.19. The highest BCUT2D eigenvalue weighted by atomic mass is 127. The summed E-state index contributed by atoms with van der Waals surface area (Å²) in [6.45, 7) is 4.77. The summed E-state index contributed by atoms with van der Waals surface area (Å²) in [6, 6.07) is 20.8. The van der Waals surface area contributed by atoms with E-state index < -0.39 is 0 Å². The average Bonchev–Trinajstić information content (AvgIpc) is 3.31. The number of nitrogens with zero attached hydrogens (tertiary/aromatic N) is 3. The van der Waals surface area contributed by atoms with Gasteiger partial charge in [-0.3, -0.25) is 9.89 Å². The van der Waals surface area contributed by atoms with Crippen molar-refractivity contribution in [2.24, 2.45) is 4.99 Å². The molecule has 1 aromatic heterocycles. The first kappa shape index (κ1) is 24.3. The van der Waals surface area contributed by atoms with Gasteiger partial charge >= 0.3 is 0 Å². The SMILES string of the molecule is CN=C(NCc1ccc(CN2CCCCC2)cc1)NCc1cc(-c2ccccc2)on1.I. The van der Waals surface area contributed by atoms with E-state index in [1.165, 1.54) is 43.5 Å². The molecule has 6 nitrogen and oxygen atoms in total. The van der Waals surface area contributed by atoms with Crippen molar-refractivity contribution in [2.45, 2.75) is 38.9 Å². The van der Waals surface area contributed by atoms with Crippen molar-refractivity contribution in [1.82, 2.24) is 20.7 Å². The van der Waals surface area contributed by atoms with Gasteiger partial charge in [0.05, 0.1) is 6.54 Å². The minimum Gasteiger partial charge on any atom is -0.356 e. The maximum Gasteiger partial charge on any atom is 0.191 e. The zero-order valence-electron chi connectivity index (χ0n) is 18.6. The van der Waals surface area contributed by atoms with Crippen molar-refractivity contribution in [2.75, 3.05) is 20.1 Å². The lowest BCUT2D eigenvalue weighted by molar-refractivity contribution is 0.221. The number of hydrogen-bond donors (Lipinski definition) is 2.